The van der Waals surface area contributed by atoms with Crippen LogP contribution in [0.25, 0.3) is 0 Å². The topological polar surface area (TPSA) is 54.0 Å². The monoisotopic (exact) mass is 247 g/mol. The van der Waals surface area contributed by atoms with Crippen molar-refractivity contribution < 1.29 is 4.79 Å². The van der Waals surface area contributed by atoms with E-state index < -0.39 is 0 Å². The molecule has 1 amide bonds. The Hall–Kier alpha value is -1.42. The lowest BCUT2D eigenvalue weighted by Crippen LogP contribution is -2.37. The van der Waals surface area contributed by atoms with Crippen LogP contribution in [0.2, 0.25) is 0 Å². The summed E-state index contributed by atoms with van der Waals surface area (Å²) in [6.45, 7) is 5.28. The van der Waals surface area contributed by atoms with Crippen LogP contribution < -0.4 is 10.6 Å². The molecule has 1 aromatic rings. The van der Waals surface area contributed by atoms with Crippen LogP contribution in [0.4, 0.5) is 0 Å². The summed E-state index contributed by atoms with van der Waals surface area (Å²) in [6, 6.07) is 4.31. The van der Waals surface area contributed by atoms with Gasteiger partial charge in [-0.05, 0) is 30.4 Å². The molecule has 18 heavy (non-hydrogen) atoms. The van der Waals surface area contributed by atoms with Crippen molar-refractivity contribution in [2.45, 2.75) is 32.7 Å². The Morgan fingerprint density at radius 2 is 2.39 bits per heavy atom. The first-order valence-electron chi connectivity index (χ1n) is 6.60. The van der Waals surface area contributed by atoms with Crippen LogP contribution in [0.15, 0.2) is 18.3 Å². The number of rotatable bonds is 5. The van der Waals surface area contributed by atoms with Crippen molar-refractivity contribution in [3.63, 3.8) is 0 Å². The summed E-state index contributed by atoms with van der Waals surface area (Å²) in [5, 5.41) is 6.19. The van der Waals surface area contributed by atoms with Crippen molar-refractivity contribution in [3.8, 4) is 0 Å². The van der Waals surface area contributed by atoms with Crippen LogP contribution >= 0.6 is 0 Å². The minimum Gasteiger partial charge on any atom is -0.355 e. The molecule has 4 heteroatoms. The molecule has 2 rings (SSSR count). The van der Waals surface area contributed by atoms with E-state index in [1.165, 1.54) is 5.56 Å². The van der Waals surface area contributed by atoms with E-state index in [2.05, 4.69) is 35.5 Å². The largest absolute Gasteiger partial charge is 0.355 e. The number of hydrogen-bond donors (Lipinski definition) is 2. The summed E-state index contributed by atoms with van der Waals surface area (Å²) >= 11 is 0. The molecule has 98 valence electrons. The van der Waals surface area contributed by atoms with Crippen molar-refractivity contribution in [2.75, 3.05) is 13.1 Å². The second-order valence-electron chi connectivity index (χ2n) is 5.22. The molecule has 1 atom stereocenters. The van der Waals surface area contributed by atoms with Gasteiger partial charge < -0.3 is 10.6 Å². The van der Waals surface area contributed by atoms with Crippen molar-refractivity contribution >= 4 is 5.91 Å². The van der Waals surface area contributed by atoms with E-state index in [9.17, 15) is 4.79 Å². The predicted molar refractivity (Wildman–Crippen MR) is 71.1 cm³/mol. The third-order valence-electron chi connectivity index (χ3n) is 3.18. The maximum atomic E-state index is 11.6. The van der Waals surface area contributed by atoms with Crippen molar-refractivity contribution in [1.82, 2.24) is 15.6 Å². The summed E-state index contributed by atoms with van der Waals surface area (Å²) in [4.78, 5) is 16.0. The minimum atomic E-state index is 0.0630. The normalized spacial score (nSPS) is 17.8. The molecular formula is C14H21N3O. The average Bonchev–Trinajstić information content (AvgIpc) is 2.77. The molecule has 0 spiro atoms. The van der Waals surface area contributed by atoms with E-state index in [0.29, 0.717) is 12.5 Å². The number of carbonyl (C=O) groups is 1. The fraction of sp³-hybridized carbons (Fsp3) is 0.571. The van der Waals surface area contributed by atoms with Gasteiger partial charge in [-0.3, -0.25) is 9.78 Å². The van der Waals surface area contributed by atoms with Gasteiger partial charge in [0.15, 0.2) is 0 Å². The molecule has 0 saturated carbocycles. The fourth-order valence-electron chi connectivity index (χ4n) is 2.21. The summed E-state index contributed by atoms with van der Waals surface area (Å²) in [5.74, 6) is 0.552. The van der Waals surface area contributed by atoms with E-state index in [1.807, 2.05) is 12.3 Å². The zero-order valence-electron chi connectivity index (χ0n) is 11.1. The van der Waals surface area contributed by atoms with Gasteiger partial charge in [-0.25, -0.2) is 0 Å². The number of aryl methyl sites for hydroxylation is 1. The van der Waals surface area contributed by atoms with Crippen molar-refractivity contribution in [2.24, 2.45) is 5.92 Å². The molecule has 0 aromatic carbocycles. The summed E-state index contributed by atoms with van der Waals surface area (Å²) in [6.07, 6.45) is 3.90. The highest BCUT2D eigenvalue weighted by atomic mass is 16.1. The van der Waals surface area contributed by atoms with Crippen LogP contribution in [-0.4, -0.2) is 24.0 Å². The molecule has 2 N–H and O–H groups in total. The predicted octanol–water partition coefficient (Wildman–Crippen LogP) is 1.43. The molecule has 1 heterocycles. The smallest absolute Gasteiger partial charge is 0.233 e. The van der Waals surface area contributed by atoms with Crippen LogP contribution in [0.5, 0.6) is 0 Å². The van der Waals surface area contributed by atoms with Crippen molar-refractivity contribution in [1.29, 1.82) is 0 Å². The summed E-state index contributed by atoms with van der Waals surface area (Å²) < 4.78 is 0. The molecule has 0 saturated heterocycles. The maximum Gasteiger partial charge on any atom is 0.233 e. The van der Waals surface area contributed by atoms with Gasteiger partial charge in [0.1, 0.15) is 0 Å². The Bertz CT molecular complexity index is 417. The molecule has 0 radical (unpaired) electrons. The average molecular weight is 247 g/mol. The molecule has 0 bridgehead atoms. The van der Waals surface area contributed by atoms with Gasteiger partial charge in [-0.2, -0.15) is 0 Å². The second-order valence-corrected chi connectivity index (χ2v) is 5.22. The number of amides is 1. The van der Waals surface area contributed by atoms with Gasteiger partial charge in [0.2, 0.25) is 5.91 Å². The molecule has 1 unspecified atom stereocenters. The number of pyridine rings is 1. The molecule has 0 aliphatic heterocycles. The van der Waals surface area contributed by atoms with Crippen LogP contribution in [0.3, 0.4) is 0 Å². The van der Waals surface area contributed by atoms with Gasteiger partial charge in [-0.1, -0.05) is 19.9 Å². The van der Waals surface area contributed by atoms with E-state index in [4.69, 9.17) is 0 Å². The fourth-order valence-corrected chi connectivity index (χ4v) is 2.21. The van der Waals surface area contributed by atoms with Gasteiger partial charge in [0.05, 0.1) is 18.3 Å². The van der Waals surface area contributed by atoms with Gasteiger partial charge >= 0.3 is 0 Å². The number of aromatic nitrogens is 1. The Morgan fingerprint density at radius 1 is 1.56 bits per heavy atom. The highest BCUT2D eigenvalue weighted by Gasteiger charge is 2.23. The lowest BCUT2D eigenvalue weighted by Gasteiger charge is -2.13. The van der Waals surface area contributed by atoms with Gasteiger partial charge in [-0.15, -0.1) is 0 Å². The first-order chi connectivity index (χ1) is 8.66. The standard InChI is InChI=1S/C14H21N3O/c1-10(2)8-17-13(18)9-16-12-6-5-11-4-3-7-15-14(11)12/h3-4,7,10,12,16H,5-6,8-9H2,1-2H3,(H,17,18). The Labute approximate surface area is 108 Å². The SMILES string of the molecule is CC(C)CNC(=O)CNC1CCc2cccnc21. The summed E-state index contributed by atoms with van der Waals surface area (Å²) in [7, 11) is 0. The quantitative estimate of drug-likeness (QED) is 0.827. The van der Waals surface area contributed by atoms with E-state index in [0.717, 1.165) is 25.1 Å². The van der Waals surface area contributed by atoms with Gasteiger partial charge in [0, 0.05) is 12.7 Å². The third-order valence-corrected chi connectivity index (χ3v) is 3.18. The molecule has 4 nitrogen and oxygen atoms in total. The molecule has 1 aromatic heterocycles. The highest BCUT2D eigenvalue weighted by Crippen LogP contribution is 2.28. The lowest BCUT2D eigenvalue weighted by molar-refractivity contribution is -0.120. The molecular weight excluding hydrogens is 226 g/mol. The summed E-state index contributed by atoms with van der Waals surface area (Å²) in [5.41, 5.74) is 2.41. The highest BCUT2D eigenvalue weighted by molar-refractivity contribution is 5.78. The Balaban J connectivity index is 1.80. The van der Waals surface area contributed by atoms with E-state index in [-0.39, 0.29) is 11.9 Å². The number of hydrogen-bond acceptors (Lipinski definition) is 3. The lowest BCUT2D eigenvalue weighted by atomic mass is 10.2. The van der Waals surface area contributed by atoms with Crippen LogP contribution in [-0.2, 0) is 11.2 Å². The maximum absolute atomic E-state index is 11.6. The second kappa shape index (κ2) is 5.96. The molecule has 0 fully saturated rings. The van der Waals surface area contributed by atoms with Crippen molar-refractivity contribution in [3.05, 3.63) is 29.6 Å². The zero-order chi connectivity index (χ0) is 13.0. The van der Waals surface area contributed by atoms with E-state index in [1.54, 1.807) is 0 Å². The first-order valence-corrected chi connectivity index (χ1v) is 6.60. The Kier molecular flexibility index (Phi) is 4.31. The molecule has 1 aliphatic rings. The first kappa shape index (κ1) is 13.0. The number of carbonyl (C=O) groups excluding carboxylic acids is 1. The number of fused-ring (bicyclic) bond motifs is 1. The van der Waals surface area contributed by atoms with Crippen LogP contribution in [0.1, 0.15) is 37.6 Å². The molecule has 1 aliphatic carbocycles. The number of nitrogens with one attached hydrogen (secondary N) is 2. The third kappa shape index (κ3) is 3.29. The Morgan fingerprint density at radius 3 is 3.17 bits per heavy atom. The van der Waals surface area contributed by atoms with Gasteiger partial charge in [0.25, 0.3) is 0 Å². The zero-order valence-corrected chi connectivity index (χ0v) is 11.1. The van der Waals surface area contributed by atoms with Crippen LogP contribution in [0, 0.1) is 5.92 Å². The minimum absolute atomic E-state index is 0.0630. The number of nitrogens with zero attached hydrogens (tertiary/aromatic N) is 1. The van der Waals surface area contributed by atoms with E-state index >= 15 is 0 Å².